The van der Waals surface area contributed by atoms with Gasteiger partial charge in [-0.05, 0) is 228 Å². The standard InChI is InChI=1S/C75H76Si/c1-50-51(2)53(4)72(52(50)3)76(73-54(5)66(41-60-29-17-11-18-30-60)47-67(55(73)6)42-61-31-19-12-20-32-61,74-56(7)68(43-62-33-21-13-22-34-62)48-69(57(74)8)44-63-35-23-14-24-36-63)75-58(9)70(45-64-37-25-15-26-38-64)49-71(59(75)10)46-65-39-27-16-28-40-65/h11-40,47-49,52H,41-46H2,1-10H3. The Balaban J connectivity index is 1.45. The minimum atomic E-state index is -3.52. The summed E-state index contributed by atoms with van der Waals surface area (Å²) in [6.07, 6.45) is 5.21. The molecule has 380 valence electrons. The SMILES string of the molecule is CC1=C(C)C(C)C([Si](c2c(C)c(Cc3ccccc3)cc(Cc3ccccc3)c2C)(c2c(C)c(Cc3ccccc3)cc(Cc3ccccc3)c2C)c2c(C)c(Cc3ccccc3)cc(Cc3ccccc3)c2C)=C1C. The molecule has 0 spiro atoms. The van der Waals surface area contributed by atoms with Gasteiger partial charge in [0.25, 0.3) is 0 Å². The summed E-state index contributed by atoms with van der Waals surface area (Å²) in [6.45, 7) is 25.1. The fourth-order valence-electron chi connectivity index (χ4n) is 13.5. The Labute approximate surface area is 457 Å². The van der Waals surface area contributed by atoms with Crippen molar-refractivity contribution < 1.29 is 0 Å². The van der Waals surface area contributed by atoms with Crippen LogP contribution >= 0.6 is 0 Å². The molecule has 0 saturated heterocycles. The van der Waals surface area contributed by atoms with Gasteiger partial charge in [-0.3, -0.25) is 0 Å². The summed E-state index contributed by atoms with van der Waals surface area (Å²) in [5.74, 6) is 0.226. The fraction of sp³-hybridized carbons (Fsp3) is 0.227. The molecule has 0 N–H and O–H groups in total. The lowest BCUT2D eigenvalue weighted by atomic mass is 9.91. The third-order valence-electron chi connectivity index (χ3n) is 17.8. The molecule has 1 aliphatic rings. The minimum absolute atomic E-state index is 0.226. The third-order valence-corrected chi connectivity index (χ3v) is 23.9. The largest absolute Gasteiger partial charge is 0.178 e. The smallest absolute Gasteiger partial charge is 0.0636 e. The first-order valence-electron chi connectivity index (χ1n) is 27.8. The molecular weight excluding hydrogens is 929 g/mol. The highest BCUT2D eigenvalue weighted by Crippen LogP contribution is 2.45. The molecule has 9 aromatic rings. The van der Waals surface area contributed by atoms with Crippen LogP contribution in [0, 0.1) is 47.5 Å². The van der Waals surface area contributed by atoms with E-state index in [0.717, 1.165) is 38.5 Å². The van der Waals surface area contributed by atoms with E-state index >= 15 is 0 Å². The Morgan fingerprint density at radius 3 is 0.645 bits per heavy atom. The molecule has 0 aromatic heterocycles. The second-order valence-corrected chi connectivity index (χ2v) is 25.8. The predicted octanol–water partition coefficient (Wildman–Crippen LogP) is 16.4. The van der Waals surface area contributed by atoms with E-state index in [-0.39, 0.29) is 5.92 Å². The second-order valence-electron chi connectivity index (χ2n) is 22.3. The maximum atomic E-state index is 2.61. The summed E-state index contributed by atoms with van der Waals surface area (Å²) >= 11 is 0. The van der Waals surface area contributed by atoms with Crippen molar-refractivity contribution in [2.75, 3.05) is 0 Å². The molecule has 1 aliphatic carbocycles. The quantitative estimate of drug-likeness (QED) is 0.0668. The summed E-state index contributed by atoms with van der Waals surface area (Å²) in [5.41, 5.74) is 29.8. The molecular formula is C75H76Si. The van der Waals surface area contributed by atoms with Crippen LogP contribution in [-0.2, 0) is 38.5 Å². The Bertz CT molecular complexity index is 3040. The van der Waals surface area contributed by atoms with Crippen LogP contribution in [0.3, 0.4) is 0 Å². The number of allylic oxidation sites excluding steroid dienone is 4. The van der Waals surface area contributed by atoms with Crippen LogP contribution in [0.5, 0.6) is 0 Å². The normalized spacial score (nSPS) is 13.7. The number of benzene rings is 9. The van der Waals surface area contributed by atoms with Crippen molar-refractivity contribution >= 4 is 23.6 Å². The summed E-state index contributed by atoms with van der Waals surface area (Å²) in [5, 5.41) is 6.45. The summed E-state index contributed by atoms with van der Waals surface area (Å²) in [6, 6.07) is 75.3. The predicted molar refractivity (Wildman–Crippen MR) is 328 cm³/mol. The number of hydrogen-bond donors (Lipinski definition) is 0. The van der Waals surface area contributed by atoms with Crippen LogP contribution in [0.2, 0.25) is 0 Å². The summed E-state index contributed by atoms with van der Waals surface area (Å²) in [7, 11) is -3.52. The molecule has 0 heterocycles. The van der Waals surface area contributed by atoms with Crippen molar-refractivity contribution in [3.8, 4) is 0 Å². The lowest BCUT2D eigenvalue weighted by Gasteiger charge is -2.46. The summed E-state index contributed by atoms with van der Waals surface area (Å²) in [4.78, 5) is 0. The summed E-state index contributed by atoms with van der Waals surface area (Å²) < 4.78 is 0. The van der Waals surface area contributed by atoms with E-state index in [1.165, 1.54) is 117 Å². The van der Waals surface area contributed by atoms with Gasteiger partial charge in [0.05, 0.1) is 0 Å². The van der Waals surface area contributed by atoms with Gasteiger partial charge in [-0.15, -0.1) is 0 Å². The third kappa shape index (κ3) is 10.1. The van der Waals surface area contributed by atoms with Crippen molar-refractivity contribution in [3.63, 3.8) is 0 Å². The molecule has 1 heteroatoms. The van der Waals surface area contributed by atoms with Crippen LogP contribution < -0.4 is 15.6 Å². The van der Waals surface area contributed by atoms with E-state index in [1.54, 1.807) is 20.8 Å². The Morgan fingerprint density at radius 1 is 0.276 bits per heavy atom. The molecule has 0 saturated carbocycles. The Morgan fingerprint density at radius 2 is 0.474 bits per heavy atom. The van der Waals surface area contributed by atoms with Crippen molar-refractivity contribution in [2.45, 2.75) is 108 Å². The minimum Gasteiger partial charge on any atom is -0.0636 e. The Hall–Kier alpha value is -7.32. The van der Waals surface area contributed by atoms with Crippen LogP contribution in [0.15, 0.2) is 222 Å². The highest BCUT2D eigenvalue weighted by atomic mass is 28.3. The van der Waals surface area contributed by atoms with Crippen LogP contribution in [0.1, 0.15) is 128 Å². The van der Waals surface area contributed by atoms with E-state index in [9.17, 15) is 0 Å². The highest BCUT2D eigenvalue weighted by molar-refractivity contribution is 7.17. The van der Waals surface area contributed by atoms with Crippen LogP contribution in [0.4, 0.5) is 0 Å². The topological polar surface area (TPSA) is 0 Å². The average Bonchev–Trinajstić information content (AvgIpc) is 3.78. The van der Waals surface area contributed by atoms with Gasteiger partial charge in [-0.1, -0.05) is 223 Å². The van der Waals surface area contributed by atoms with Gasteiger partial charge in [0.2, 0.25) is 0 Å². The van der Waals surface area contributed by atoms with E-state index in [1.807, 2.05) is 0 Å². The average molecular weight is 1010 g/mol. The first kappa shape index (κ1) is 52.1. The van der Waals surface area contributed by atoms with Crippen molar-refractivity contribution in [2.24, 2.45) is 5.92 Å². The molecule has 10 rings (SSSR count). The number of hydrogen-bond acceptors (Lipinski definition) is 0. The van der Waals surface area contributed by atoms with E-state index < -0.39 is 8.07 Å². The lowest BCUT2D eigenvalue weighted by molar-refractivity contribution is 0.850. The zero-order valence-electron chi connectivity index (χ0n) is 46.9. The van der Waals surface area contributed by atoms with E-state index in [2.05, 4.69) is 269 Å². The molecule has 0 radical (unpaired) electrons. The zero-order valence-corrected chi connectivity index (χ0v) is 47.9. The van der Waals surface area contributed by atoms with Crippen molar-refractivity contribution in [1.29, 1.82) is 0 Å². The molecule has 0 aliphatic heterocycles. The van der Waals surface area contributed by atoms with Gasteiger partial charge in [0, 0.05) is 0 Å². The zero-order chi connectivity index (χ0) is 53.1. The molecule has 0 nitrogen and oxygen atoms in total. The van der Waals surface area contributed by atoms with Gasteiger partial charge in [0.15, 0.2) is 8.07 Å². The second kappa shape index (κ2) is 22.5. The number of rotatable bonds is 16. The van der Waals surface area contributed by atoms with Gasteiger partial charge in [-0.2, -0.15) is 0 Å². The first-order chi connectivity index (χ1) is 36.8. The van der Waals surface area contributed by atoms with Crippen molar-refractivity contribution in [1.82, 2.24) is 0 Å². The molecule has 0 fully saturated rings. The molecule has 9 aromatic carbocycles. The maximum absolute atomic E-state index is 3.52. The first-order valence-corrected chi connectivity index (χ1v) is 29.8. The molecule has 1 unspecified atom stereocenters. The lowest BCUT2D eigenvalue weighted by Crippen LogP contribution is -2.73. The van der Waals surface area contributed by atoms with Crippen LogP contribution in [-0.4, -0.2) is 8.07 Å². The molecule has 0 bridgehead atoms. The van der Waals surface area contributed by atoms with Crippen LogP contribution in [0.25, 0.3) is 0 Å². The fourth-order valence-corrected chi connectivity index (χ4v) is 21.0. The van der Waals surface area contributed by atoms with Gasteiger partial charge < -0.3 is 0 Å². The molecule has 0 amide bonds. The van der Waals surface area contributed by atoms with E-state index in [4.69, 9.17) is 0 Å². The van der Waals surface area contributed by atoms with E-state index in [0.29, 0.717) is 0 Å². The Kier molecular flexibility index (Phi) is 15.4. The van der Waals surface area contributed by atoms with Gasteiger partial charge in [-0.25, -0.2) is 0 Å². The van der Waals surface area contributed by atoms with Gasteiger partial charge >= 0.3 is 0 Å². The molecule has 1 atom stereocenters. The van der Waals surface area contributed by atoms with Gasteiger partial charge in [0.1, 0.15) is 0 Å². The monoisotopic (exact) mass is 1000 g/mol. The highest BCUT2D eigenvalue weighted by Gasteiger charge is 2.53. The van der Waals surface area contributed by atoms with Crippen molar-refractivity contribution in [3.05, 3.63) is 322 Å². The molecule has 76 heavy (non-hydrogen) atoms. The maximum Gasteiger partial charge on any atom is 0.178 e.